The van der Waals surface area contributed by atoms with Gasteiger partial charge in [0, 0.05) is 26.2 Å². The van der Waals surface area contributed by atoms with E-state index in [1.165, 1.54) is 0 Å². The second kappa shape index (κ2) is 6.07. The normalized spacial score (nSPS) is 32.3. The van der Waals surface area contributed by atoms with E-state index in [1.54, 1.807) is 8.61 Å². The molecule has 0 spiro atoms. The van der Waals surface area contributed by atoms with Crippen LogP contribution in [0.4, 0.5) is 0 Å². The molecule has 2 heterocycles. The summed E-state index contributed by atoms with van der Waals surface area (Å²) in [5, 5.41) is 0. The lowest BCUT2D eigenvalue weighted by Crippen LogP contribution is -2.42. The molecule has 3 fully saturated rings. The topological polar surface area (TPSA) is 49.9 Å². The first kappa shape index (κ1) is 15.4. The smallest absolute Gasteiger partial charge is 0.281 e. The number of ether oxygens (including phenoxy) is 1. The van der Waals surface area contributed by atoms with Crippen molar-refractivity contribution in [1.82, 2.24) is 8.61 Å². The first-order chi connectivity index (χ1) is 11.1. The molecular formula is C17H24N2O3S. The van der Waals surface area contributed by atoms with Crippen molar-refractivity contribution in [1.29, 1.82) is 0 Å². The molecular weight excluding hydrogens is 312 g/mol. The van der Waals surface area contributed by atoms with E-state index in [4.69, 9.17) is 4.74 Å². The van der Waals surface area contributed by atoms with E-state index >= 15 is 0 Å². The predicted molar refractivity (Wildman–Crippen MR) is 88.4 cm³/mol. The molecule has 0 aromatic heterocycles. The van der Waals surface area contributed by atoms with Gasteiger partial charge in [0.05, 0.1) is 6.10 Å². The maximum absolute atomic E-state index is 12.7. The number of nitrogens with zero attached hydrogens (tertiary/aromatic N) is 2. The lowest BCUT2D eigenvalue weighted by atomic mass is 10.0. The fourth-order valence-corrected chi connectivity index (χ4v) is 6.07. The highest BCUT2D eigenvalue weighted by atomic mass is 32.2. The van der Waals surface area contributed by atoms with Crippen LogP contribution < -0.4 is 4.74 Å². The maximum atomic E-state index is 12.7. The Labute approximate surface area is 138 Å². The van der Waals surface area contributed by atoms with Crippen molar-refractivity contribution in [2.45, 2.75) is 31.8 Å². The monoisotopic (exact) mass is 336 g/mol. The van der Waals surface area contributed by atoms with Gasteiger partial charge in [0.25, 0.3) is 10.2 Å². The third-order valence-corrected chi connectivity index (χ3v) is 7.41. The molecule has 1 aromatic carbocycles. The van der Waals surface area contributed by atoms with Crippen molar-refractivity contribution in [3.8, 4) is 5.75 Å². The summed E-state index contributed by atoms with van der Waals surface area (Å²) in [4.78, 5) is 0. The average molecular weight is 336 g/mol. The van der Waals surface area contributed by atoms with Gasteiger partial charge in [-0.3, -0.25) is 0 Å². The van der Waals surface area contributed by atoms with Crippen molar-refractivity contribution >= 4 is 10.2 Å². The van der Waals surface area contributed by atoms with Crippen LogP contribution in [0.5, 0.6) is 5.75 Å². The van der Waals surface area contributed by atoms with E-state index in [2.05, 4.69) is 0 Å². The molecule has 0 radical (unpaired) electrons. The van der Waals surface area contributed by atoms with Crippen LogP contribution in [0.15, 0.2) is 30.3 Å². The van der Waals surface area contributed by atoms with Crippen molar-refractivity contribution in [2.75, 3.05) is 26.2 Å². The lowest BCUT2D eigenvalue weighted by molar-refractivity contribution is 0.194. The third kappa shape index (κ3) is 2.99. The number of hydrogen-bond donors (Lipinski definition) is 0. The largest absolute Gasteiger partial charge is 0.490 e. The highest BCUT2D eigenvalue weighted by Crippen LogP contribution is 2.41. The Morgan fingerprint density at radius 2 is 1.52 bits per heavy atom. The molecule has 1 aliphatic carbocycles. The van der Waals surface area contributed by atoms with E-state index in [-0.39, 0.29) is 6.10 Å². The van der Waals surface area contributed by atoms with Crippen LogP contribution in [0.2, 0.25) is 0 Å². The molecule has 1 aromatic rings. The summed E-state index contributed by atoms with van der Waals surface area (Å²) in [5.74, 6) is 1.81. The zero-order valence-corrected chi connectivity index (χ0v) is 14.1. The van der Waals surface area contributed by atoms with Gasteiger partial charge in [0.15, 0.2) is 0 Å². The number of benzene rings is 1. The molecule has 3 aliphatic rings. The van der Waals surface area contributed by atoms with Crippen molar-refractivity contribution in [3.63, 3.8) is 0 Å². The number of hydrogen-bond acceptors (Lipinski definition) is 3. The Balaban J connectivity index is 1.36. The molecule has 4 rings (SSSR count). The van der Waals surface area contributed by atoms with Gasteiger partial charge in [-0.1, -0.05) is 18.2 Å². The van der Waals surface area contributed by atoms with Gasteiger partial charge in [-0.15, -0.1) is 0 Å². The lowest BCUT2D eigenvalue weighted by Gasteiger charge is -2.24. The van der Waals surface area contributed by atoms with Gasteiger partial charge in [-0.05, 0) is 49.7 Å². The minimum Gasteiger partial charge on any atom is -0.490 e. The zero-order valence-electron chi connectivity index (χ0n) is 13.3. The number of fused-ring (bicyclic) bond motifs is 1. The highest BCUT2D eigenvalue weighted by Gasteiger charge is 2.46. The van der Waals surface area contributed by atoms with E-state index in [9.17, 15) is 8.42 Å². The molecule has 1 unspecified atom stereocenters. The minimum atomic E-state index is -3.23. The Kier molecular flexibility index (Phi) is 4.07. The molecule has 0 N–H and O–H groups in total. The van der Waals surface area contributed by atoms with E-state index in [0.29, 0.717) is 38.0 Å². The quantitative estimate of drug-likeness (QED) is 0.846. The average Bonchev–Trinajstić information content (AvgIpc) is 3.24. The van der Waals surface area contributed by atoms with E-state index in [0.717, 1.165) is 31.4 Å². The third-order valence-electron chi connectivity index (χ3n) is 5.44. The number of rotatable bonds is 4. The summed E-state index contributed by atoms with van der Waals surface area (Å²) in [5.41, 5.74) is 0. The predicted octanol–water partition coefficient (Wildman–Crippen LogP) is 2.12. The molecule has 1 saturated carbocycles. The summed E-state index contributed by atoms with van der Waals surface area (Å²) in [6.07, 6.45) is 4.14. The van der Waals surface area contributed by atoms with E-state index in [1.807, 2.05) is 30.3 Å². The van der Waals surface area contributed by atoms with Gasteiger partial charge in [-0.2, -0.15) is 17.0 Å². The second-order valence-electron chi connectivity index (χ2n) is 6.98. The van der Waals surface area contributed by atoms with Gasteiger partial charge in [-0.25, -0.2) is 0 Å². The fourth-order valence-electron chi connectivity index (χ4n) is 4.26. The van der Waals surface area contributed by atoms with E-state index < -0.39 is 10.2 Å². The Bertz CT molecular complexity index is 629. The Morgan fingerprint density at radius 1 is 0.913 bits per heavy atom. The number of para-hydroxylation sites is 1. The second-order valence-corrected chi connectivity index (χ2v) is 8.90. The Hall–Kier alpha value is -1.11. The molecule has 0 bridgehead atoms. The first-order valence-electron chi connectivity index (χ1n) is 8.60. The van der Waals surface area contributed by atoms with Gasteiger partial charge < -0.3 is 4.74 Å². The summed E-state index contributed by atoms with van der Waals surface area (Å²) in [7, 11) is -3.23. The summed E-state index contributed by atoms with van der Waals surface area (Å²) >= 11 is 0. The van der Waals surface area contributed by atoms with Crippen molar-refractivity contribution < 1.29 is 13.2 Å². The highest BCUT2D eigenvalue weighted by molar-refractivity contribution is 7.86. The van der Waals surface area contributed by atoms with Crippen LogP contribution in [0, 0.1) is 11.8 Å². The van der Waals surface area contributed by atoms with Crippen LogP contribution in [0.3, 0.4) is 0 Å². The van der Waals surface area contributed by atoms with Gasteiger partial charge in [0.1, 0.15) is 5.75 Å². The van der Waals surface area contributed by atoms with Crippen LogP contribution in [-0.4, -0.2) is 49.3 Å². The summed E-state index contributed by atoms with van der Waals surface area (Å²) in [6, 6.07) is 9.92. The minimum absolute atomic E-state index is 0.226. The molecule has 3 atom stereocenters. The molecule has 6 heteroatoms. The van der Waals surface area contributed by atoms with Gasteiger partial charge >= 0.3 is 0 Å². The summed E-state index contributed by atoms with van der Waals surface area (Å²) < 4.78 is 34.7. The summed E-state index contributed by atoms with van der Waals surface area (Å²) in [6.45, 7) is 2.71. The first-order valence-corrected chi connectivity index (χ1v) is 9.99. The standard InChI is InChI=1S/C17H24N2O3S/c20-23(21,18-8-4-5-9-18)19-12-14-10-17(11-15(14)13-19)22-16-6-2-1-3-7-16/h1-3,6-7,14-15,17H,4-5,8-13H2/t14-,15+,17?. The molecule has 126 valence electrons. The van der Waals surface area contributed by atoms with Crippen LogP contribution in [0.1, 0.15) is 25.7 Å². The molecule has 2 aliphatic heterocycles. The van der Waals surface area contributed by atoms with Crippen molar-refractivity contribution in [3.05, 3.63) is 30.3 Å². The molecule has 2 saturated heterocycles. The molecule has 23 heavy (non-hydrogen) atoms. The van der Waals surface area contributed by atoms with Crippen LogP contribution in [-0.2, 0) is 10.2 Å². The maximum Gasteiger partial charge on any atom is 0.281 e. The Morgan fingerprint density at radius 3 is 2.13 bits per heavy atom. The van der Waals surface area contributed by atoms with Gasteiger partial charge in [0.2, 0.25) is 0 Å². The zero-order chi connectivity index (χ0) is 15.9. The molecule has 0 amide bonds. The van der Waals surface area contributed by atoms with Crippen molar-refractivity contribution in [2.24, 2.45) is 11.8 Å². The van der Waals surface area contributed by atoms with Crippen LogP contribution in [0.25, 0.3) is 0 Å². The SMILES string of the molecule is O=S(=O)(N1CCCC1)N1C[C@H]2CC(Oc3ccccc3)C[C@H]2C1. The van der Waals surface area contributed by atoms with Crippen LogP contribution >= 0.6 is 0 Å². The molecule has 5 nitrogen and oxygen atoms in total. The fraction of sp³-hybridized carbons (Fsp3) is 0.647.